The van der Waals surface area contributed by atoms with Crippen molar-refractivity contribution in [1.29, 1.82) is 0 Å². The number of hydrogen-bond acceptors (Lipinski definition) is 5. The average Bonchev–Trinajstić information content (AvgIpc) is 2.89. The van der Waals surface area contributed by atoms with Crippen molar-refractivity contribution in [1.82, 2.24) is 9.97 Å². The van der Waals surface area contributed by atoms with Crippen molar-refractivity contribution >= 4 is 32.4 Å². The molecule has 5 nitrogen and oxygen atoms in total. The predicted octanol–water partition coefficient (Wildman–Crippen LogP) is 3.87. The first kappa shape index (κ1) is 14.5. The number of aryl methyl sites for hydroxylation is 1. The molecule has 6 heteroatoms. The average molecular weight is 313 g/mol. The zero-order valence-electron chi connectivity index (χ0n) is 12.2. The predicted molar refractivity (Wildman–Crippen MR) is 87.6 cm³/mol. The van der Waals surface area contributed by atoms with Crippen LogP contribution >= 0.6 is 11.3 Å². The number of thiophene rings is 1. The van der Waals surface area contributed by atoms with E-state index >= 15 is 0 Å². The molecule has 0 spiro atoms. The lowest BCUT2D eigenvalue weighted by Gasteiger charge is -2.12. The summed E-state index contributed by atoms with van der Waals surface area (Å²) in [6, 6.07) is 9.57. The SMILES string of the molecule is Cc1cc2sc(N[C@@H](C)c3ccccn3)cc2c(C(=O)O)n1. The van der Waals surface area contributed by atoms with Crippen LogP contribution in [0.3, 0.4) is 0 Å². The van der Waals surface area contributed by atoms with E-state index in [0.29, 0.717) is 11.1 Å². The molecule has 0 aliphatic heterocycles. The first-order valence-corrected chi connectivity index (χ1v) is 7.68. The Morgan fingerprint density at radius 2 is 2.18 bits per heavy atom. The third-order valence-electron chi connectivity index (χ3n) is 3.34. The van der Waals surface area contributed by atoms with Gasteiger partial charge in [-0.05, 0) is 38.1 Å². The Hall–Kier alpha value is -2.47. The van der Waals surface area contributed by atoms with E-state index in [0.717, 1.165) is 15.4 Å². The van der Waals surface area contributed by atoms with Gasteiger partial charge in [0.05, 0.1) is 16.7 Å². The molecule has 0 unspecified atom stereocenters. The molecule has 0 radical (unpaired) electrons. The number of hydrogen-bond donors (Lipinski definition) is 2. The van der Waals surface area contributed by atoms with Crippen molar-refractivity contribution in [3.8, 4) is 0 Å². The fourth-order valence-corrected chi connectivity index (χ4v) is 3.45. The number of pyridine rings is 2. The molecule has 22 heavy (non-hydrogen) atoms. The molecule has 0 amide bonds. The number of anilines is 1. The standard InChI is InChI=1S/C16H15N3O2S/c1-9-7-13-11(15(18-9)16(20)21)8-14(22-13)19-10(2)12-5-3-4-6-17-12/h3-8,10,19H,1-2H3,(H,20,21)/t10-/m0/s1. The molecule has 3 aromatic heterocycles. The van der Waals surface area contributed by atoms with Crippen LogP contribution in [0.25, 0.3) is 10.1 Å². The molecule has 3 heterocycles. The molecule has 112 valence electrons. The zero-order valence-corrected chi connectivity index (χ0v) is 13.0. The molecule has 3 aromatic rings. The lowest BCUT2D eigenvalue weighted by atomic mass is 10.2. The number of aromatic nitrogens is 2. The lowest BCUT2D eigenvalue weighted by Crippen LogP contribution is -2.06. The summed E-state index contributed by atoms with van der Waals surface area (Å²) in [6.45, 7) is 3.82. The van der Waals surface area contributed by atoms with Crippen LogP contribution in [0.1, 0.15) is 34.8 Å². The van der Waals surface area contributed by atoms with Gasteiger partial charge in [0.15, 0.2) is 5.69 Å². The van der Waals surface area contributed by atoms with Crippen LogP contribution in [-0.2, 0) is 0 Å². The summed E-state index contributed by atoms with van der Waals surface area (Å²) in [4.78, 5) is 19.8. The van der Waals surface area contributed by atoms with Gasteiger partial charge in [-0.25, -0.2) is 9.78 Å². The van der Waals surface area contributed by atoms with Crippen LogP contribution in [0.4, 0.5) is 5.00 Å². The maximum atomic E-state index is 11.3. The second-order valence-electron chi connectivity index (χ2n) is 5.06. The third-order valence-corrected chi connectivity index (χ3v) is 4.35. The van der Waals surface area contributed by atoms with Crippen LogP contribution in [0.5, 0.6) is 0 Å². The van der Waals surface area contributed by atoms with E-state index in [4.69, 9.17) is 0 Å². The largest absolute Gasteiger partial charge is 0.476 e. The molecule has 2 N–H and O–H groups in total. The molecule has 0 bridgehead atoms. The number of nitrogens with zero attached hydrogens (tertiary/aromatic N) is 2. The number of nitrogens with one attached hydrogen (secondary N) is 1. The van der Waals surface area contributed by atoms with Crippen molar-refractivity contribution in [2.75, 3.05) is 5.32 Å². The minimum absolute atomic E-state index is 0.0385. The van der Waals surface area contributed by atoms with Crippen LogP contribution in [0.2, 0.25) is 0 Å². The number of carboxylic acids is 1. The summed E-state index contributed by atoms with van der Waals surface area (Å²) in [7, 11) is 0. The zero-order chi connectivity index (χ0) is 15.7. The molecule has 0 saturated carbocycles. The van der Waals surface area contributed by atoms with Gasteiger partial charge in [0.1, 0.15) is 0 Å². The summed E-state index contributed by atoms with van der Waals surface area (Å²) in [6.07, 6.45) is 1.76. The molecule has 3 rings (SSSR count). The summed E-state index contributed by atoms with van der Waals surface area (Å²) in [5, 5.41) is 14.2. The minimum atomic E-state index is -1.00. The highest BCUT2D eigenvalue weighted by Crippen LogP contribution is 2.33. The number of rotatable bonds is 4. The van der Waals surface area contributed by atoms with Crippen molar-refractivity contribution < 1.29 is 9.90 Å². The van der Waals surface area contributed by atoms with Crippen LogP contribution in [-0.4, -0.2) is 21.0 Å². The molecule has 0 aliphatic rings. The first-order valence-electron chi connectivity index (χ1n) is 6.86. The topological polar surface area (TPSA) is 75.1 Å². The number of carboxylic acid groups (broad SMARTS) is 1. The molecule has 0 saturated heterocycles. The second kappa shape index (κ2) is 5.73. The smallest absolute Gasteiger partial charge is 0.355 e. The highest BCUT2D eigenvalue weighted by atomic mass is 32.1. The maximum Gasteiger partial charge on any atom is 0.355 e. The molecular weight excluding hydrogens is 298 g/mol. The Labute approximate surface area is 131 Å². The maximum absolute atomic E-state index is 11.3. The van der Waals surface area contributed by atoms with Gasteiger partial charge in [0.25, 0.3) is 0 Å². The molecule has 0 aromatic carbocycles. The van der Waals surface area contributed by atoms with Gasteiger partial charge in [0, 0.05) is 22.0 Å². The van der Waals surface area contributed by atoms with Crippen molar-refractivity contribution in [3.05, 3.63) is 53.6 Å². The van der Waals surface area contributed by atoms with Gasteiger partial charge >= 0.3 is 5.97 Å². The van der Waals surface area contributed by atoms with Crippen molar-refractivity contribution in [3.63, 3.8) is 0 Å². The highest BCUT2D eigenvalue weighted by Gasteiger charge is 2.15. The van der Waals surface area contributed by atoms with Crippen LogP contribution < -0.4 is 5.32 Å². The van der Waals surface area contributed by atoms with Crippen LogP contribution in [0, 0.1) is 6.92 Å². The lowest BCUT2D eigenvalue weighted by molar-refractivity contribution is 0.0692. The van der Waals surface area contributed by atoms with Gasteiger partial charge in [0.2, 0.25) is 0 Å². The van der Waals surface area contributed by atoms with E-state index < -0.39 is 5.97 Å². The molecule has 1 atom stereocenters. The summed E-state index contributed by atoms with van der Waals surface area (Å²) >= 11 is 1.52. The Kier molecular flexibility index (Phi) is 3.77. The first-order chi connectivity index (χ1) is 10.5. The van der Waals surface area contributed by atoms with Gasteiger partial charge < -0.3 is 10.4 Å². The van der Waals surface area contributed by atoms with Crippen molar-refractivity contribution in [2.45, 2.75) is 19.9 Å². The Balaban J connectivity index is 1.96. The fourth-order valence-electron chi connectivity index (χ4n) is 2.31. The quantitative estimate of drug-likeness (QED) is 0.764. The van der Waals surface area contributed by atoms with E-state index in [1.54, 1.807) is 13.1 Å². The summed E-state index contributed by atoms with van der Waals surface area (Å²) in [5.41, 5.74) is 1.74. The fraction of sp³-hybridized carbons (Fsp3) is 0.188. The van der Waals surface area contributed by atoms with Crippen molar-refractivity contribution in [2.24, 2.45) is 0 Å². The van der Waals surface area contributed by atoms with E-state index in [1.165, 1.54) is 11.3 Å². The van der Waals surface area contributed by atoms with Gasteiger partial charge in [-0.2, -0.15) is 0 Å². The minimum Gasteiger partial charge on any atom is -0.476 e. The monoisotopic (exact) mass is 313 g/mol. The van der Waals surface area contributed by atoms with E-state index in [1.807, 2.05) is 37.3 Å². The molecule has 0 fully saturated rings. The van der Waals surface area contributed by atoms with Gasteiger partial charge in [-0.3, -0.25) is 4.98 Å². The third kappa shape index (κ3) is 2.78. The normalized spacial score (nSPS) is 12.3. The van der Waals surface area contributed by atoms with Crippen LogP contribution in [0.15, 0.2) is 36.5 Å². The summed E-state index contributed by atoms with van der Waals surface area (Å²) in [5.74, 6) is -1.00. The highest BCUT2D eigenvalue weighted by molar-refractivity contribution is 7.22. The Bertz CT molecular complexity index is 830. The van der Waals surface area contributed by atoms with E-state index in [2.05, 4.69) is 15.3 Å². The van der Waals surface area contributed by atoms with E-state index in [-0.39, 0.29) is 11.7 Å². The molecular formula is C16H15N3O2S. The molecule has 0 aliphatic carbocycles. The Morgan fingerprint density at radius 3 is 2.86 bits per heavy atom. The second-order valence-corrected chi connectivity index (χ2v) is 6.14. The van der Waals surface area contributed by atoms with E-state index in [9.17, 15) is 9.90 Å². The number of carbonyl (C=O) groups is 1. The van der Waals surface area contributed by atoms with Gasteiger partial charge in [-0.15, -0.1) is 11.3 Å². The number of fused-ring (bicyclic) bond motifs is 1. The number of aromatic carboxylic acids is 1. The van der Waals surface area contributed by atoms with Gasteiger partial charge in [-0.1, -0.05) is 6.07 Å². The Morgan fingerprint density at radius 1 is 1.36 bits per heavy atom. The summed E-state index contributed by atoms with van der Waals surface area (Å²) < 4.78 is 0.917.